The number of carbonyl (C=O) groups is 5. The summed E-state index contributed by atoms with van der Waals surface area (Å²) in [6.07, 6.45) is 3.77. The van der Waals surface area contributed by atoms with Crippen LogP contribution in [0.2, 0.25) is 0 Å². The molecule has 7 N–H and O–H groups in total. The summed E-state index contributed by atoms with van der Waals surface area (Å²) in [7, 11) is 0. The largest absolute Gasteiger partial charge is 0.480 e. The minimum absolute atomic E-state index is 0.0239. The number of hydrogen-bond acceptors (Lipinski definition) is 9. The molecule has 1 aliphatic rings. The predicted molar refractivity (Wildman–Crippen MR) is 164 cm³/mol. The van der Waals surface area contributed by atoms with Crippen LogP contribution in [0.15, 0.2) is 78.2 Å². The van der Waals surface area contributed by atoms with E-state index >= 15 is 0 Å². The van der Waals surface area contributed by atoms with E-state index in [1.165, 1.54) is 23.5 Å². The fourth-order valence-electron chi connectivity index (χ4n) is 4.81. The van der Waals surface area contributed by atoms with Crippen LogP contribution in [0, 0.1) is 0 Å². The van der Waals surface area contributed by atoms with Crippen molar-refractivity contribution >= 4 is 35.6 Å². The number of carboxylic acids is 1. The number of cyclic esters (lactones) is 1. The van der Waals surface area contributed by atoms with Gasteiger partial charge in [0.25, 0.3) is 0 Å². The van der Waals surface area contributed by atoms with Crippen LogP contribution in [0.1, 0.15) is 46.1 Å². The van der Waals surface area contributed by atoms with Crippen LogP contribution in [0.3, 0.4) is 0 Å². The van der Waals surface area contributed by atoms with Gasteiger partial charge in [0.15, 0.2) is 5.96 Å². The quantitative estimate of drug-likeness (QED) is 0.0673. The van der Waals surface area contributed by atoms with Crippen LogP contribution in [0.4, 0.5) is 4.79 Å². The van der Waals surface area contributed by atoms with Crippen molar-refractivity contribution in [2.45, 2.75) is 37.4 Å². The van der Waals surface area contributed by atoms with Crippen LogP contribution in [0.25, 0.3) is 0 Å². The molecule has 3 atom stereocenters. The highest BCUT2D eigenvalue weighted by Crippen LogP contribution is 2.27. The molecule has 0 radical (unpaired) electrons. The van der Waals surface area contributed by atoms with E-state index in [1.54, 1.807) is 36.4 Å². The summed E-state index contributed by atoms with van der Waals surface area (Å²) in [5.74, 6) is -3.18. The first-order chi connectivity index (χ1) is 22.1. The van der Waals surface area contributed by atoms with Crippen LogP contribution in [-0.2, 0) is 25.5 Å². The Kier molecular flexibility index (Phi) is 11.3. The number of aromatic nitrogens is 2. The van der Waals surface area contributed by atoms with Gasteiger partial charge < -0.3 is 31.9 Å². The predicted octanol–water partition coefficient (Wildman–Crippen LogP) is 0.551. The van der Waals surface area contributed by atoms with E-state index in [4.69, 9.17) is 16.2 Å². The first-order valence-corrected chi connectivity index (χ1v) is 14.4. The summed E-state index contributed by atoms with van der Waals surface area (Å²) in [6, 6.07) is 12.4. The number of aliphatic imine (C=N–C) groups is 1. The molecule has 46 heavy (non-hydrogen) atoms. The highest BCUT2D eigenvalue weighted by molar-refractivity contribution is 6.07. The van der Waals surface area contributed by atoms with Crippen LogP contribution in [0.5, 0.6) is 0 Å². The topological polar surface area (TPSA) is 232 Å². The lowest BCUT2D eigenvalue weighted by molar-refractivity contribution is -0.142. The van der Waals surface area contributed by atoms with Gasteiger partial charge in [0.05, 0.1) is 12.2 Å². The number of ketones is 1. The summed E-state index contributed by atoms with van der Waals surface area (Å²) < 4.78 is 5.19. The Bertz CT molecular complexity index is 1560. The summed E-state index contributed by atoms with van der Waals surface area (Å²) in [5.41, 5.74) is 12.5. The minimum atomic E-state index is -1.29. The van der Waals surface area contributed by atoms with Gasteiger partial charge in [-0.05, 0) is 24.0 Å². The number of amides is 3. The Labute approximate surface area is 264 Å². The number of nitrogens with one attached hydrogen (secondary N) is 2. The van der Waals surface area contributed by atoms with Gasteiger partial charge in [-0.1, -0.05) is 54.6 Å². The van der Waals surface area contributed by atoms with Gasteiger partial charge in [-0.25, -0.2) is 14.6 Å². The van der Waals surface area contributed by atoms with E-state index in [0.717, 1.165) is 5.56 Å². The third kappa shape index (κ3) is 9.07. The van der Waals surface area contributed by atoms with Gasteiger partial charge in [-0.2, -0.15) is 0 Å². The van der Waals surface area contributed by atoms with Crippen molar-refractivity contribution in [1.29, 1.82) is 0 Å². The Morgan fingerprint density at radius 3 is 2.41 bits per heavy atom. The third-order valence-electron chi connectivity index (χ3n) is 7.14. The van der Waals surface area contributed by atoms with Crippen molar-refractivity contribution in [3.05, 3.63) is 95.6 Å². The van der Waals surface area contributed by atoms with E-state index in [0.29, 0.717) is 11.1 Å². The van der Waals surface area contributed by atoms with E-state index < -0.39 is 48.5 Å². The highest BCUT2D eigenvalue weighted by Gasteiger charge is 2.36. The zero-order valence-electron chi connectivity index (χ0n) is 24.7. The number of aliphatic carboxylic acids is 1. The second kappa shape index (κ2) is 15.7. The van der Waals surface area contributed by atoms with Crippen LogP contribution >= 0.6 is 0 Å². The van der Waals surface area contributed by atoms with Crippen molar-refractivity contribution in [3.63, 3.8) is 0 Å². The number of guanidine groups is 1. The van der Waals surface area contributed by atoms with E-state index in [2.05, 4.69) is 25.6 Å². The number of carboxylic acid groups (broad SMARTS) is 1. The molecule has 0 saturated carbocycles. The molecule has 240 valence electrons. The highest BCUT2D eigenvalue weighted by atomic mass is 16.6. The number of ether oxygens (including phenoxy) is 1. The van der Waals surface area contributed by atoms with Crippen molar-refractivity contribution in [1.82, 2.24) is 25.5 Å². The molecule has 0 unspecified atom stereocenters. The lowest BCUT2D eigenvalue weighted by atomic mass is 10.0. The van der Waals surface area contributed by atoms with Gasteiger partial charge in [0.1, 0.15) is 30.9 Å². The Hall–Kier alpha value is -5.86. The Morgan fingerprint density at radius 2 is 1.76 bits per heavy atom. The zero-order valence-corrected chi connectivity index (χ0v) is 24.7. The molecule has 0 bridgehead atoms. The average Bonchev–Trinajstić information content (AvgIpc) is 3.41. The maximum Gasteiger partial charge on any atom is 0.410 e. The Balaban J connectivity index is 1.50. The van der Waals surface area contributed by atoms with E-state index in [9.17, 15) is 29.1 Å². The summed E-state index contributed by atoms with van der Waals surface area (Å²) >= 11 is 0. The van der Waals surface area contributed by atoms with Gasteiger partial charge in [-0.3, -0.25) is 29.3 Å². The maximum atomic E-state index is 13.5. The molecule has 2 heterocycles. The van der Waals surface area contributed by atoms with Crippen LogP contribution < -0.4 is 22.1 Å². The molecule has 1 aromatic heterocycles. The number of nitrogens with zero attached hydrogens (tertiary/aromatic N) is 4. The van der Waals surface area contributed by atoms with E-state index in [1.807, 2.05) is 18.2 Å². The lowest BCUT2D eigenvalue weighted by Crippen LogP contribution is -2.54. The second-order valence-electron chi connectivity index (χ2n) is 10.4. The van der Waals surface area contributed by atoms with Crippen LogP contribution in [-0.4, -0.2) is 87.4 Å². The zero-order chi connectivity index (χ0) is 33.1. The summed E-state index contributed by atoms with van der Waals surface area (Å²) in [4.78, 5) is 76.9. The molecule has 1 saturated heterocycles. The fourth-order valence-corrected chi connectivity index (χ4v) is 4.81. The molecular weight excluding hydrogens is 596 g/mol. The molecule has 1 aliphatic heterocycles. The molecular formula is C31H34N8O7. The molecule has 4 rings (SSSR count). The number of hydrogen-bond donors (Lipinski definition) is 5. The molecule has 0 aliphatic carbocycles. The lowest BCUT2D eigenvalue weighted by Gasteiger charge is -2.24. The second-order valence-corrected chi connectivity index (χ2v) is 10.4. The van der Waals surface area contributed by atoms with Crippen molar-refractivity contribution in [2.24, 2.45) is 16.5 Å². The Morgan fingerprint density at radius 1 is 1.02 bits per heavy atom. The van der Waals surface area contributed by atoms with Gasteiger partial charge in [0.2, 0.25) is 17.6 Å². The van der Waals surface area contributed by atoms with Gasteiger partial charge in [-0.15, -0.1) is 0 Å². The molecule has 0 spiro atoms. The van der Waals surface area contributed by atoms with Crippen molar-refractivity contribution < 1.29 is 33.8 Å². The minimum Gasteiger partial charge on any atom is -0.480 e. The summed E-state index contributed by atoms with van der Waals surface area (Å²) in [5, 5.41) is 14.9. The van der Waals surface area contributed by atoms with Crippen molar-refractivity contribution in [2.75, 3.05) is 19.7 Å². The van der Waals surface area contributed by atoms with Gasteiger partial charge in [0, 0.05) is 30.9 Å². The number of nitrogens with two attached hydrogens (primary N) is 2. The third-order valence-corrected chi connectivity index (χ3v) is 7.14. The summed E-state index contributed by atoms with van der Waals surface area (Å²) in [6.45, 7) is -0.190. The number of carbonyl (C=O) groups excluding carboxylic acids is 4. The number of benzene rings is 2. The maximum absolute atomic E-state index is 13.5. The molecule has 15 nitrogen and oxygen atoms in total. The number of rotatable bonds is 15. The van der Waals surface area contributed by atoms with Gasteiger partial charge >= 0.3 is 12.1 Å². The monoisotopic (exact) mass is 630 g/mol. The van der Waals surface area contributed by atoms with Crippen molar-refractivity contribution in [3.8, 4) is 0 Å². The first-order valence-electron chi connectivity index (χ1n) is 14.4. The van der Waals surface area contributed by atoms with E-state index in [-0.39, 0.29) is 49.9 Å². The normalized spacial score (nSPS) is 15.3. The molecule has 2 aromatic carbocycles. The molecule has 3 amide bonds. The first kappa shape index (κ1) is 33.0. The standard InChI is InChI=1S/C31H34N8O7/c32-30(33)36-12-4-7-22(29(43)44)38-28(42)23(15-19-8-10-21(11-9-19)27(41)24-16-34-13-14-35-24)37-26(40)17-39-25(18-46-31(39)45)20-5-2-1-3-6-20/h1-3,5-6,8-11,13-14,16,22-23,25H,4,7,12,15,17-18H2,(H,37,40)(H,38,42)(H,43,44)(H4,32,33,36)/t22-,23+,25-/m1/s1. The SMILES string of the molecule is NC(N)=NCCC[C@@H](NC(=O)[C@H](Cc1ccc(C(=O)c2cnccn2)cc1)NC(=O)CN1C(=O)OC[C@@H]1c1ccccc1)C(=O)O. The fraction of sp³-hybridized carbons (Fsp3) is 0.290. The molecule has 1 fully saturated rings. The average molecular weight is 631 g/mol. The molecule has 3 aromatic rings. The smallest absolute Gasteiger partial charge is 0.410 e. The molecule has 15 heteroatoms.